The first-order valence-electron chi connectivity index (χ1n) is 6.56. The van der Waals surface area contributed by atoms with Gasteiger partial charge in [0.05, 0.1) is 24.7 Å². The van der Waals surface area contributed by atoms with Gasteiger partial charge in [-0.1, -0.05) is 0 Å². The number of nitrogens with one attached hydrogen (secondary N) is 2. The minimum Gasteiger partial charge on any atom is -0.481 e. The van der Waals surface area contributed by atoms with Crippen molar-refractivity contribution in [2.24, 2.45) is 0 Å². The van der Waals surface area contributed by atoms with Gasteiger partial charge in [0.1, 0.15) is 5.82 Å². The van der Waals surface area contributed by atoms with Crippen molar-refractivity contribution in [3.05, 3.63) is 15.9 Å². The molecule has 1 atom stereocenters. The highest BCUT2D eigenvalue weighted by atomic mass is 16.5. The van der Waals surface area contributed by atoms with E-state index in [1.165, 1.54) is 0 Å². The van der Waals surface area contributed by atoms with Crippen molar-refractivity contribution >= 4 is 23.6 Å². The summed E-state index contributed by atoms with van der Waals surface area (Å²) in [5, 5.41) is 11.6. The molecule has 0 bridgehead atoms. The molecule has 9 heteroatoms. The Morgan fingerprint density at radius 1 is 1.33 bits per heavy atom. The molecule has 1 aromatic rings. The van der Waals surface area contributed by atoms with Gasteiger partial charge in [0.25, 0.3) is 5.56 Å². The molecule has 21 heavy (non-hydrogen) atoms. The monoisotopic (exact) mass is 294 g/mol. The average molecular weight is 294 g/mol. The van der Waals surface area contributed by atoms with Crippen molar-refractivity contribution in [1.82, 2.24) is 9.97 Å². The maximum absolute atomic E-state index is 12.2. The molecule has 0 spiro atoms. The van der Waals surface area contributed by atoms with E-state index in [4.69, 9.17) is 9.84 Å². The second kappa shape index (κ2) is 5.17. The maximum Gasteiger partial charge on any atom is 0.311 e. The molecule has 3 heterocycles. The quantitative estimate of drug-likeness (QED) is 0.646. The molecule has 112 valence electrons. The van der Waals surface area contributed by atoms with Crippen molar-refractivity contribution in [2.45, 2.75) is 12.3 Å². The minimum atomic E-state index is -1.21. The summed E-state index contributed by atoms with van der Waals surface area (Å²) in [6.45, 7) is 2.17. The molecular weight excluding hydrogens is 280 g/mol. The van der Waals surface area contributed by atoms with Gasteiger partial charge in [-0.05, 0) is 0 Å². The van der Waals surface area contributed by atoms with Gasteiger partial charge in [-0.3, -0.25) is 19.4 Å². The van der Waals surface area contributed by atoms with E-state index >= 15 is 0 Å². The van der Waals surface area contributed by atoms with Crippen molar-refractivity contribution in [3.8, 4) is 0 Å². The van der Waals surface area contributed by atoms with Crippen LogP contribution in [0.5, 0.6) is 0 Å². The van der Waals surface area contributed by atoms with Crippen LogP contribution in [0.2, 0.25) is 0 Å². The highest BCUT2D eigenvalue weighted by molar-refractivity contribution is 5.98. The molecule has 1 saturated heterocycles. The van der Waals surface area contributed by atoms with Crippen LogP contribution < -0.4 is 15.8 Å². The summed E-state index contributed by atoms with van der Waals surface area (Å²) in [4.78, 5) is 43.6. The highest BCUT2D eigenvalue weighted by Gasteiger charge is 2.35. The highest BCUT2D eigenvalue weighted by Crippen LogP contribution is 2.29. The van der Waals surface area contributed by atoms with Gasteiger partial charge >= 0.3 is 5.97 Å². The number of rotatable bonds is 2. The summed E-state index contributed by atoms with van der Waals surface area (Å²) in [6.07, 6.45) is -0.260. The predicted molar refractivity (Wildman–Crippen MR) is 71.5 cm³/mol. The average Bonchev–Trinajstić information content (AvgIpc) is 2.46. The Morgan fingerprint density at radius 2 is 2.05 bits per heavy atom. The predicted octanol–water partition coefficient (Wildman–Crippen LogP) is -0.883. The lowest BCUT2D eigenvalue weighted by molar-refractivity contribution is -0.140. The topological polar surface area (TPSA) is 125 Å². The van der Waals surface area contributed by atoms with E-state index in [0.29, 0.717) is 32.3 Å². The molecule has 0 unspecified atom stereocenters. The maximum atomic E-state index is 12.2. The summed E-state index contributed by atoms with van der Waals surface area (Å²) < 4.78 is 5.22. The molecule has 0 aromatic carbocycles. The zero-order valence-electron chi connectivity index (χ0n) is 11.1. The molecule has 0 radical (unpaired) electrons. The molecule has 3 rings (SSSR count). The van der Waals surface area contributed by atoms with E-state index in [1.807, 2.05) is 4.90 Å². The lowest BCUT2D eigenvalue weighted by atomic mass is 9.94. The molecule has 1 fully saturated rings. The van der Waals surface area contributed by atoms with Crippen LogP contribution in [0.15, 0.2) is 4.79 Å². The number of aromatic nitrogens is 2. The number of H-pyrrole nitrogens is 1. The smallest absolute Gasteiger partial charge is 0.311 e. The summed E-state index contributed by atoms with van der Waals surface area (Å²) in [7, 11) is 0. The molecule has 3 N–H and O–H groups in total. The zero-order chi connectivity index (χ0) is 15.0. The van der Waals surface area contributed by atoms with E-state index in [2.05, 4.69) is 15.3 Å². The van der Waals surface area contributed by atoms with Crippen LogP contribution in [0.3, 0.4) is 0 Å². The Morgan fingerprint density at radius 3 is 2.71 bits per heavy atom. The number of ether oxygens (including phenoxy) is 1. The Kier molecular flexibility index (Phi) is 3.34. The van der Waals surface area contributed by atoms with E-state index in [0.717, 1.165) is 0 Å². The number of carbonyl (C=O) groups is 2. The van der Waals surface area contributed by atoms with E-state index in [1.54, 1.807) is 0 Å². The number of morpholine rings is 1. The summed E-state index contributed by atoms with van der Waals surface area (Å²) >= 11 is 0. The SMILES string of the molecule is O=C1C[C@H](C(=O)O)c2c(nc(N3CCOCC3)[nH]c2=O)N1. The van der Waals surface area contributed by atoms with Crippen LogP contribution in [0.1, 0.15) is 17.9 Å². The third-order valence-corrected chi connectivity index (χ3v) is 3.55. The van der Waals surface area contributed by atoms with E-state index in [-0.39, 0.29) is 17.8 Å². The Bertz CT molecular complexity index is 650. The number of carboxylic acids is 1. The van der Waals surface area contributed by atoms with Gasteiger partial charge in [0.2, 0.25) is 11.9 Å². The van der Waals surface area contributed by atoms with Crippen molar-refractivity contribution in [1.29, 1.82) is 0 Å². The second-order valence-corrected chi connectivity index (χ2v) is 4.89. The number of carboxylic acid groups (broad SMARTS) is 1. The molecule has 2 aliphatic heterocycles. The van der Waals surface area contributed by atoms with Crippen molar-refractivity contribution in [3.63, 3.8) is 0 Å². The number of amides is 1. The second-order valence-electron chi connectivity index (χ2n) is 4.89. The number of aliphatic carboxylic acids is 1. The van der Waals surface area contributed by atoms with Gasteiger partial charge in [-0.2, -0.15) is 4.98 Å². The first-order chi connectivity index (χ1) is 10.1. The first kappa shape index (κ1) is 13.6. The molecule has 1 aromatic heterocycles. The van der Waals surface area contributed by atoms with E-state index < -0.39 is 23.4 Å². The number of hydrogen-bond acceptors (Lipinski definition) is 6. The largest absolute Gasteiger partial charge is 0.481 e. The van der Waals surface area contributed by atoms with Crippen molar-refractivity contribution in [2.75, 3.05) is 36.5 Å². The van der Waals surface area contributed by atoms with Crippen LogP contribution in [0.25, 0.3) is 0 Å². The fourth-order valence-corrected chi connectivity index (χ4v) is 2.50. The van der Waals surface area contributed by atoms with Crippen LogP contribution in [-0.4, -0.2) is 53.3 Å². The third-order valence-electron chi connectivity index (χ3n) is 3.55. The normalized spacial score (nSPS) is 21.6. The number of nitrogens with zero attached hydrogens (tertiary/aromatic N) is 2. The molecule has 9 nitrogen and oxygen atoms in total. The van der Waals surface area contributed by atoms with E-state index in [9.17, 15) is 14.4 Å². The summed E-state index contributed by atoms with van der Waals surface area (Å²) in [6, 6.07) is 0. The fraction of sp³-hybridized carbons (Fsp3) is 0.500. The summed E-state index contributed by atoms with van der Waals surface area (Å²) in [5.41, 5.74) is -0.534. The number of anilines is 2. The Balaban J connectivity index is 2.04. The number of carbonyl (C=O) groups excluding carboxylic acids is 1. The van der Waals surface area contributed by atoms with Crippen LogP contribution in [0.4, 0.5) is 11.8 Å². The lowest BCUT2D eigenvalue weighted by Gasteiger charge is -2.28. The molecule has 0 aliphatic carbocycles. The van der Waals surface area contributed by atoms with Gasteiger partial charge in [-0.25, -0.2) is 0 Å². The van der Waals surface area contributed by atoms with Gasteiger partial charge in [-0.15, -0.1) is 0 Å². The van der Waals surface area contributed by atoms with Crippen molar-refractivity contribution < 1.29 is 19.4 Å². The summed E-state index contributed by atoms with van der Waals surface area (Å²) in [5.74, 6) is -2.49. The lowest BCUT2D eigenvalue weighted by Crippen LogP contribution is -2.40. The van der Waals surface area contributed by atoms with Crippen LogP contribution in [-0.2, 0) is 14.3 Å². The van der Waals surface area contributed by atoms with Crippen LogP contribution >= 0.6 is 0 Å². The zero-order valence-corrected chi connectivity index (χ0v) is 11.1. The first-order valence-corrected chi connectivity index (χ1v) is 6.56. The third kappa shape index (κ3) is 2.47. The molecule has 2 aliphatic rings. The van der Waals surface area contributed by atoms with Gasteiger partial charge in [0.15, 0.2) is 0 Å². The molecule has 0 saturated carbocycles. The molecule has 1 amide bonds. The molecular formula is C12H14N4O5. The number of fused-ring (bicyclic) bond motifs is 1. The Hall–Kier alpha value is -2.42. The Labute approximate surface area is 118 Å². The van der Waals surface area contributed by atoms with Crippen LogP contribution in [0, 0.1) is 0 Å². The number of hydrogen-bond donors (Lipinski definition) is 3. The van der Waals surface area contributed by atoms with Gasteiger partial charge in [0, 0.05) is 19.5 Å². The standard InChI is InChI=1S/C12H14N4O5/c17-7-5-6(11(19)20)8-9(13-7)14-12(15-10(8)18)16-1-3-21-4-2-16/h6H,1-5H2,(H,19,20)(H2,13,14,15,17,18)/t6-/m0/s1. The number of aromatic amines is 1. The minimum absolute atomic E-state index is 0.000825. The van der Waals surface area contributed by atoms with Gasteiger partial charge < -0.3 is 20.1 Å². The fourth-order valence-electron chi connectivity index (χ4n) is 2.50.